The van der Waals surface area contributed by atoms with Crippen LogP contribution in [-0.2, 0) is 4.74 Å². The zero-order valence-electron chi connectivity index (χ0n) is 14.1. The van der Waals surface area contributed by atoms with Gasteiger partial charge in [-0.1, -0.05) is 67.2 Å². The summed E-state index contributed by atoms with van der Waals surface area (Å²) >= 11 is 0. The van der Waals surface area contributed by atoms with E-state index in [1.165, 1.54) is 0 Å². The Labute approximate surface area is 152 Å². The summed E-state index contributed by atoms with van der Waals surface area (Å²) in [6, 6.07) is 23.2. The van der Waals surface area contributed by atoms with Crippen LogP contribution in [0, 0.1) is 0 Å². The Hall–Kier alpha value is -3.40. The highest BCUT2D eigenvalue weighted by Gasteiger charge is 2.37. The molecular weight excluding hydrogens is 324 g/mol. The van der Waals surface area contributed by atoms with E-state index in [-0.39, 0.29) is 6.04 Å². The third-order valence-corrected chi connectivity index (χ3v) is 4.51. The number of amides is 1. The largest absolute Gasteiger partial charge is 0.439 e. The fourth-order valence-corrected chi connectivity index (χ4v) is 3.16. The molecule has 4 nitrogen and oxygen atoms in total. The quantitative estimate of drug-likeness (QED) is 0.750. The fourth-order valence-electron chi connectivity index (χ4n) is 3.16. The molecule has 1 amide bonds. The van der Waals surface area contributed by atoms with Crippen LogP contribution in [0.4, 0.5) is 4.79 Å². The van der Waals surface area contributed by atoms with Gasteiger partial charge in [0.1, 0.15) is 6.04 Å². The van der Waals surface area contributed by atoms with Gasteiger partial charge in [-0.15, -0.1) is 0 Å². The molecule has 26 heavy (non-hydrogen) atoms. The molecule has 128 valence electrons. The van der Waals surface area contributed by atoms with Crippen LogP contribution in [0.3, 0.4) is 0 Å². The standard InChI is InChI=1S/C22H18N2O2/c1-15(16-8-4-2-5-9-16)18-12-13-23-19(14-18)20-21(26-22(25)24-20)17-10-6-3-7-11-17/h2-14,20-21H,1H2,(H,24,25)/t20-,21-/m1/s1. The Morgan fingerprint density at radius 1 is 0.962 bits per heavy atom. The van der Waals surface area contributed by atoms with E-state index in [2.05, 4.69) is 16.9 Å². The van der Waals surface area contributed by atoms with E-state index in [1.54, 1.807) is 6.20 Å². The third-order valence-electron chi connectivity index (χ3n) is 4.51. The average molecular weight is 342 g/mol. The minimum atomic E-state index is -0.432. The number of hydrogen-bond donors (Lipinski definition) is 1. The van der Waals surface area contributed by atoms with Gasteiger partial charge in [-0.2, -0.15) is 0 Å². The maximum Gasteiger partial charge on any atom is 0.408 e. The lowest BCUT2D eigenvalue weighted by Crippen LogP contribution is -2.20. The molecule has 2 heterocycles. The van der Waals surface area contributed by atoms with Crippen LogP contribution in [0.25, 0.3) is 5.57 Å². The van der Waals surface area contributed by atoms with Crippen LogP contribution in [0.2, 0.25) is 0 Å². The molecule has 4 heteroatoms. The lowest BCUT2D eigenvalue weighted by atomic mass is 9.96. The van der Waals surface area contributed by atoms with Gasteiger partial charge in [-0.05, 0) is 34.4 Å². The number of ether oxygens (including phenoxy) is 1. The second-order valence-electron chi connectivity index (χ2n) is 6.17. The Kier molecular flexibility index (Phi) is 4.23. The van der Waals surface area contributed by atoms with Gasteiger partial charge in [-0.25, -0.2) is 4.79 Å². The monoisotopic (exact) mass is 342 g/mol. The maximum atomic E-state index is 11.9. The molecule has 0 saturated carbocycles. The molecule has 2 aromatic carbocycles. The van der Waals surface area contributed by atoms with Crippen molar-refractivity contribution in [2.24, 2.45) is 0 Å². The van der Waals surface area contributed by atoms with E-state index in [4.69, 9.17) is 4.74 Å². The van der Waals surface area contributed by atoms with Gasteiger partial charge in [0.25, 0.3) is 0 Å². The number of rotatable bonds is 4. The Morgan fingerprint density at radius 3 is 2.38 bits per heavy atom. The minimum Gasteiger partial charge on any atom is -0.439 e. The fraction of sp³-hybridized carbons (Fsp3) is 0.0909. The molecular formula is C22H18N2O2. The van der Waals surface area contributed by atoms with Crippen LogP contribution >= 0.6 is 0 Å². The number of carbonyl (C=O) groups excluding carboxylic acids is 1. The molecule has 4 rings (SSSR count). The molecule has 0 radical (unpaired) electrons. The van der Waals surface area contributed by atoms with Gasteiger partial charge in [0.05, 0.1) is 5.69 Å². The molecule has 0 bridgehead atoms. The number of benzene rings is 2. The number of carbonyl (C=O) groups is 1. The highest BCUT2D eigenvalue weighted by atomic mass is 16.6. The van der Waals surface area contributed by atoms with Crippen LogP contribution in [0.1, 0.15) is 34.5 Å². The molecule has 1 fully saturated rings. The summed E-state index contributed by atoms with van der Waals surface area (Å²) in [7, 11) is 0. The smallest absolute Gasteiger partial charge is 0.408 e. The second-order valence-corrected chi connectivity index (χ2v) is 6.17. The summed E-state index contributed by atoms with van der Waals surface area (Å²) in [5.41, 5.74) is 4.62. The van der Waals surface area contributed by atoms with E-state index >= 15 is 0 Å². The van der Waals surface area contributed by atoms with Crippen molar-refractivity contribution in [3.63, 3.8) is 0 Å². The first-order valence-electron chi connectivity index (χ1n) is 8.45. The third kappa shape index (κ3) is 3.09. The van der Waals surface area contributed by atoms with Crippen molar-refractivity contribution in [3.8, 4) is 0 Å². The van der Waals surface area contributed by atoms with E-state index in [0.717, 1.165) is 28.0 Å². The number of aromatic nitrogens is 1. The van der Waals surface area contributed by atoms with Gasteiger partial charge in [-0.3, -0.25) is 4.98 Å². The summed E-state index contributed by atoms with van der Waals surface area (Å²) in [5, 5.41) is 2.87. The van der Waals surface area contributed by atoms with Crippen molar-refractivity contribution in [2.75, 3.05) is 0 Å². The van der Waals surface area contributed by atoms with Crippen LogP contribution in [0.5, 0.6) is 0 Å². The van der Waals surface area contributed by atoms with Gasteiger partial charge in [0.2, 0.25) is 0 Å². The Bertz CT molecular complexity index is 939. The Morgan fingerprint density at radius 2 is 1.65 bits per heavy atom. The van der Waals surface area contributed by atoms with Crippen LogP contribution < -0.4 is 5.32 Å². The zero-order chi connectivity index (χ0) is 17.9. The van der Waals surface area contributed by atoms with Crippen molar-refractivity contribution in [2.45, 2.75) is 12.1 Å². The number of alkyl carbamates (subject to hydrolysis) is 1. The summed E-state index contributed by atoms with van der Waals surface area (Å²) in [4.78, 5) is 16.3. The van der Waals surface area contributed by atoms with Gasteiger partial charge in [0, 0.05) is 6.20 Å². The lowest BCUT2D eigenvalue weighted by Gasteiger charge is -2.17. The maximum absolute atomic E-state index is 11.9. The summed E-state index contributed by atoms with van der Waals surface area (Å²) < 4.78 is 5.49. The van der Waals surface area contributed by atoms with E-state index < -0.39 is 12.2 Å². The highest BCUT2D eigenvalue weighted by molar-refractivity contribution is 5.78. The van der Waals surface area contributed by atoms with Crippen molar-refractivity contribution < 1.29 is 9.53 Å². The van der Waals surface area contributed by atoms with Crippen LogP contribution in [0.15, 0.2) is 85.6 Å². The first-order valence-corrected chi connectivity index (χ1v) is 8.45. The first kappa shape index (κ1) is 16.1. The topological polar surface area (TPSA) is 51.2 Å². The SMILES string of the molecule is C=C(c1ccccc1)c1ccnc([C@H]2NC(=O)O[C@@H]2c2ccccc2)c1. The average Bonchev–Trinajstić information content (AvgIpc) is 3.11. The molecule has 0 unspecified atom stereocenters. The number of cyclic esters (lactones) is 1. The first-order chi connectivity index (χ1) is 12.7. The Balaban J connectivity index is 1.67. The molecule has 1 aliphatic rings. The number of pyridine rings is 1. The van der Waals surface area contributed by atoms with Crippen molar-refractivity contribution in [1.82, 2.24) is 10.3 Å². The minimum absolute atomic E-state index is 0.339. The number of nitrogens with one attached hydrogen (secondary N) is 1. The molecule has 2 atom stereocenters. The normalized spacial score (nSPS) is 18.8. The molecule has 1 saturated heterocycles. The molecule has 1 aromatic heterocycles. The number of nitrogens with zero attached hydrogens (tertiary/aromatic N) is 1. The lowest BCUT2D eigenvalue weighted by molar-refractivity contribution is 0.132. The summed E-state index contributed by atoms with van der Waals surface area (Å²) in [6.07, 6.45) is 0.903. The number of hydrogen-bond acceptors (Lipinski definition) is 3. The highest BCUT2D eigenvalue weighted by Crippen LogP contribution is 2.36. The van der Waals surface area contributed by atoms with E-state index in [1.807, 2.05) is 72.8 Å². The molecule has 0 spiro atoms. The summed E-state index contributed by atoms with van der Waals surface area (Å²) in [6.45, 7) is 4.21. The van der Waals surface area contributed by atoms with Gasteiger partial charge in [0.15, 0.2) is 6.10 Å². The van der Waals surface area contributed by atoms with Crippen molar-refractivity contribution in [1.29, 1.82) is 0 Å². The predicted octanol–water partition coefficient (Wildman–Crippen LogP) is 4.67. The van der Waals surface area contributed by atoms with Crippen LogP contribution in [-0.4, -0.2) is 11.1 Å². The van der Waals surface area contributed by atoms with Gasteiger partial charge >= 0.3 is 6.09 Å². The molecule has 0 aliphatic carbocycles. The molecule has 1 aliphatic heterocycles. The van der Waals surface area contributed by atoms with Crippen molar-refractivity contribution >= 4 is 11.7 Å². The van der Waals surface area contributed by atoms with E-state index in [9.17, 15) is 4.79 Å². The summed E-state index contributed by atoms with van der Waals surface area (Å²) in [5.74, 6) is 0. The zero-order valence-corrected chi connectivity index (χ0v) is 14.1. The van der Waals surface area contributed by atoms with E-state index in [0.29, 0.717) is 0 Å². The molecule has 1 N–H and O–H groups in total. The predicted molar refractivity (Wildman–Crippen MR) is 100 cm³/mol. The van der Waals surface area contributed by atoms with Gasteiger partial charge < -0.3 is 10.1 Å². The second kappa shape index (κ2) is 6.84. The van der Waals surface area contributed by atoms with Crippen molar-refractivity contribution in [3.05, 3.63) is 108 Å². The molecule has 3 aromatic rings.